The number of benzene rings is 3. The van der Waals surface area contributed by atoms with Gasteiger partial charge in [-0.1, -0.05) is 75.7 Å². The first-order valence-corrected chi connectivity index (χ1v) is 10.4. The number of aromatic nitrogens is 2. The van der Waals surface area contributed by atoms with Gasteiger partial charge in [0.25, 0.3) is 5.56 Å². The highest BCUT2D eigenvalue weighted by Gasteiger charge is 2.13. The lowest BCUT2D eigenvalue weighted by atomic mass is 10.2. The molecule has 4 aromatic rings. The van der Waals surface area contributed by atoms with E-state index < -0.39 is 0 Å². The first kappa shape index (κ1) is 18.0. The van der Waals surface area contributed by atoms with E-state index in [9.17, 15) is 4.79 Å². The number of fused-ring (bicyclic) bond motifs is 1. The first-order valence-electron chi connectivity index (χ1n) is 8.58. The molecule has 3 aromatic carbocycles. The number of hydrogen-bond donors (Lipinski definition) is 0. The van der Waals surface area contributed by atoms with E-state index in [1.807, 2.05) is 48.5 Å². The van der Waals surface area contributed by atoms with E-state index in [-0.39, 0.29) is 5.56 Å². The van der Waals surface area contributed by atoms with Crippen LogP contribution in [0.5, 0.6) is 0 Å². The highest BCUT2D eigenvalue weighted by molar-refractivity contribution is 9.10. The topological polar surface area (TPSA) is 34.9 Å². The van der Waals surface area contributed by atoms with Gasteiger partial charge in [-0.15, -0.1) is 0 Å². The molecule has 0 saturated heterocycles. The minimum atomic E-state index is -0.0566. The SMILES string of the molecule is Cc1ccc(CSc2nc3ccc(Br)cc3c(=O)n2-c2ccccc2)cc1. The fourth-order valence-electron chi connectivity index (χ4n) is 2.87. The summed E-state index contributed by atoms with van der Waals surface area (Å²) in [6.07, 6.45) is 0. The van der Waals surface area contributed by atoms with Gasteiger partial charge in [0.05, 0.1) is 16.6 Å². The fourth-order valence-corrected chi connectivity index (χ4v) is 4.20. The van der Waals surface area contributed by atoms with E-state index in [4.69, 9.17) is 4.98 Å². The van der Waals surface area contributed by atoms with Crippen LogP contribution in [0.25, 0.3) is 16.6 Å². The van der Waals surface area contributed by atoms with Crippen molar-refractivity contribution in [2.45, 2.75) is 17.8 Å². The Morgan fingerprint density at radius 3 is 2.48 bits per heavy atom. The summed E-state index contributed by atoms with van der Waals surface area (Å²) in [5.41, 5.74) is 3.92. The van der Waals surface area contributed by atoms with Gasteiger partial charge in [0.1, 0.15) is 0 Å². The second kappa shape index (κ2) is 7.71. The standard InChI is InChI=1S/C22H17BrN2OS/c1-15-7-9-16(10-8-15)14-27-22-24-20-12-11-17(23)13-19(20)21(26)25(22)18-5-3-2-4-6-18/h2-13H,14H2,1H3. The molecule has 0 bridgehead atoms. The molecule has 5 heteroatoms. The lowest BCUT2D eigenvalue weighted by Gasteiger charge is -2.13. The highest BCUT2D eigenvalue weighted by atomic mass is 79.9. The van der Waals surface area contributed by atoms with Crippen molar-refractivity contribution in [1.29, 1.82) is 0 Å². The lowest BCUT2D eigenvalue weighted by molar-refractivity contribution is 0.819. The Kier molecular flexibility index (Phi) is 5.14. The molecule has 134 valence electrons. The van der Waals surface area contributed by atoms with Gasteiger partial charge in [-0.3, -0.25) is 9.36 Å². The number of thioether (sulfide) groups is 1. The zero-order chi connectivity index (χ0) is 18.8. The largest absolute Gasteiger partial charge is 0.268 e. The molecule has 3 nitrogen and oxygen atoms in total. The maximum atomic E-state index is 13.2. The first-order chi connectivity index (χ1) is 13.1. The van der Waals surface area contributed by atoms with Crippen LogP contribution in [0.3, 0.4) is 0 Å². The summed E-state index contributed by atoms with van der Waals surface area (Å²) in [5, 5.41) is 1.30. The van der Waals surface area contributed by atoms with E-state index in [0.717, 1.165) is 15.9 Å². The molecule has 0 aliphatic rings. The third kappa shape index (κ3) is 3.84. The average Bonchev–Trinajstić information content (AvgIpc) is 2.69. The quantitative estimate of drug-likeness (QED) is 0.301. The highest BCUT2D eigenvalue weighted by Crippen LogP contribution is 2.25. The van der Waals surface area contributed by atoms with Crippen molar-refractivity contribution < 1.29 is 0 Å². The van der Waals surface area contributed by atoms with E-state index in [1.165, 1.54) is 11.1 Å². The summed E-state index contributed by atoms with van der Waals surface area (Å²) in [7, 11) is 0. The molecule has 0 aliphatic heterocycles. The van der Waals surface area contributed by atoms with Gasteiger partial charge < -0.3 is 0 Å². The van der Waals surface area contributed by atoms with Crippen molar-refractivity contribution in [1.82, 2.24) is 9.55 Å². The van der Waals surface area contributed by atoms with Gasteiger partial charge >= 0.3 is 0 Å². The minimum Gasteiger partial charge on any atom is -0.268 e. The zero-order valence-electron chi connectivity index (χ0n) is 14.7. The molecule has 27 heavy (non-hydrogen) atoms. The molecule has 0 N–H and O–H groups in total. The van der Waals surface area contributed by atoms with Crippen LogP contribution in [0, 0.1) is 6.92 Å². The molecule has 1 heterocycles. The Hall–Kier alpha value is -2.37. The van der Waals surface area contributed by atoms with Crippen LogP contribution in [-0.4, -0.2) is 9.55 Å². The third-order valence-corrected chi connectivity index (χ3v) is 5.81. The summed E-state index contributed by atoms with van der Waals surface area (Å²) in [6.45, 7) is 2.08. The smallest absolute Gasteiger partial charge is 0.266 e. The summed E-state index contributed by atoms with van der Waals surface area (Å²) in [5.74, 6) is 0.752. The molecule has 0 amide bonds. The number of halogens is 1. The number of aryl methyl sites for hydroxylation is 1. The summed E-state index contributed by atoms with van der Waals surface area (Å²) in [6, 6.07) is 23.7. The Labute approximate surface area is 170 Å². The van der Waals surface area contributed by atoms with Crippen molar-refractivity contribution in [3.63, 3.8) is 0 Å². The lowest BCUT2D eigenvalue weighted by Crippen LogP contribution is -2.21. The molecule has 0 aliphatic carbocycles. The van der Waals surface area contributed by atoms with Gasteiger partial charge in [0.2, 0.25) is 0 Å². The van der Waals surface area contributed by atoms with Crippen LogP contribution in [0.4, 0.5) is 0 Å². The Bertz CT molecular complexity index is 1150. The van der Waals surface area contributed by atoms with E-state index >= 15 is 0 Å². The molecule has 0 fully saturated rings. The van der Waals surface area contributed by atoms with Crippen LogP contribution < -0.4 is 5.56 Å². The number of hydrogen-bond acceptors (Lipinski definition) is 3. The second-order valence-electron chi connectivity index (χ2n) is 6.31. The Morgan fingerprint density at radius 1 is 1.00 bits per heavy atom. The van der Waals surface area contributed by atoms with Crippen molar-refractivity contribution >= 4 is 38.6 Å². The van der Waals surface area contributed by atoms with Gasteiger partial charge in [-0.2, -0.15) is 0 Å². The summed E-state index contributed by atoms with van der Waals surface area (Å²) >= 11 is 5.03. The van der Waals surface area contributed by atoms with Crippen molar-refractivity contribution in [3.8, 4) is 5.69 Å². The molecule has 0 saturated carbocycles. The number of para-hydroxylation sites is 1. The van der Waals surface area contributed by atoms with Crippen LogP contribution in [0.1, 0.15) is 11.1 Å². The van der Waals surface area contributed by atoms with Crippen molar-refractivity contribution in [2.24, 2.45) is 0 Å². The molecule has 4 rings (SSSR count). The van der Waals surface area contributed by atoms with Crippen molar-refractivity contribution in [2.75, 3.05) is 0 Å². The van der Waals surface area contributed by atoms with Crippen LogP contribution in [0.2, 0.25) is 0 Å². The molecular weight excluding hydrogens is 420 g/mol. The average molecular weight is 437 g/mol. The molecule has 0 spiro atoms. The maximum absolute atomic E-state index is 13.2. The zero-order valence-corrected chi connectivity index (χ0v) is 17.1. The van der Waals surface area contributed by atoms with E-state index in [1.54, 1.807) is 16.3 Å². The molecule has 1 aromatic heterocycles. The monoisotopic (exact) mass is 436 g/mol. The van der Waals surface area contributed by atoms with Crippen LogP contribution in [-0.2, 0) is 5.75 Å². The number of rotatable bonds is 4. The Balaban J connectivity index is 1.83. The maximum Gasteiger partial charge on any atom is 0.266 e. The number of nitrogens with zero attached hydrogens (tertiary/aromatic N) is 2. The molecule has 0 atom stereocenters. The predicted octanol–water partition coefficient (Wildman–Crippen LogP) is 5.75. The second-order valence-corrected chi connectivity index (χ2v) is 8.16. The fraction of sp³-hybridized carbons (Fsp3) is 0.0909. The minimum absolute atomic E-state index is 0.0566. The third-order valence-electron chi connectivity index (χ3n) is 4.30. The predicted molar refractivity (Wildman–Crippen MR) is 116 cm³/mol. The van der Waals surface area contributed by atoms with Gasteiger partial charge in [-0.25, -0.2) is 4.98 Å². The molecular formula is C22H17BrN2OS. The van der Waals surface area contributed by atoms with Gasteiger partial charge in [0.15, 0.2) is 5.16 Å². The van der Waals surface area contributed by atoms with E-state index in [2.05, 4.69) is 47.1 Å². The Morgan fingerprint density at radius 2 is 1.74 bits per heavy atom. The van der Waals surface area contributed by atoms with Gasteiger partial charge in [0, 0.05) is 10.2 Å². The summed E-state index contributed by atoms with van der Waals surface area (Å²) < 4.78 is 2.57. The van der Waals surface area contributed by atoms with Crippen LogP contribution >= 0.6 is 27.7 Å². The van der Waals surface area contributed by atoms with Gasteiger partial charge in [-0.05, 0) is 42.8 Å². The van der Waals surface area contributed by atoms with Crippen LogP contribution in [0.15, 0.2) is 87.2 Å². The van der Waals surface area contributed by atoms with E-state index in [0.29, 0.717) is 16.1 Å². The normalized spacial score (nSPS) is 11.0. The molecule has 0 radical (unpaired) electrons. The molecule has 0 unspecified atom stereocenters. The summed E-state index contributed by atoms with van der Waals surface area (Å²) in [4.78, 5) is 18.0. The van der Waals surface area contributed by atoms with Crippen molar-refractivity contribution in [3.05, 3.63) is 98.7 Å².